The van der Waals surface area contributed by atoms with E-state index in [1.54, 1.807) is 0 Å². The molecule has 0 aromatic heterocycles. The van der Waals surface area contributed by atoms with E-state index in [1.807, 2.05) is 0 Å². The van der Waals surface area contributed by atoms with E-state index < -0.39 is 6.10 Å². The average Bonchev–Trinajstić information content (AvgIpc) is 2.55. The molecule has 6 nitrogen and oxygen atoms in total. The van der Waals surface area contributed by atoms with Crippen molar-refractivity contribution in [3.05, 3.63) is 23.8 Å². The second-order valence-corrected chi connectivity index (χ2v) is 5.93. The minimum absolute atomic E-state index is 0.0441. The van der Waals surface area contributed by atoms with Gasteiger partial charge in [0.25, 0.3) is 0 Å². The van der Waals surface area contributed by atoms with E-state index in [0.717, 1.165) is 19.3 Å². The van der Waals surface area contributed by atoms with Gasteiger partial charge in [0.1, 0.15) is 11.5 Å². The van der Waals surface area contributed by atoms with Gasteiger partial charge in [-0.25, -0.2) is 5.43 Å². The van der Waals surface area contributed by atoms with Gasteiger partial charge in [-0.1, -0.05) is 39.0 Å². The van der Waals surface area contributed by atoms with Crippen molar-refractivity contribution in [1.82, 2.24) is 5.43 Å². The van der Waals surface area contributed by atoms with E-state index in [2.05, 4.69) is 17.5 Å². The van der Waals surface area contributed by atoms with Crippen molar-refractivity contribution in [2.45, 2.75) is 64.4 Å². The van der Waals surface area contributed by atoms with E-state index in [0.29, 0.717) is 12.0 Å². The lowest BCUT2D eigenvalue weighted by molar-refractivity contribution is -0.121. The topological polar surface area (TPSA) is 102 Å². The van der Waals surface area contributed by atoms with E-state index in [4.69, 9.17) is 0 Å². The van der Waals surface area contributed by atoms with Crippen LogP contribution < -0.4 is 5.43 Å². The van der Waals surface area contributed by atoms with Gasteiger partial charge in [0.2, 0.25) is 5.91 Å². The third kappa shape index (κ3) is 8.53. The maximum atomic E-state index is 11.7. The highest BCUT2D eigenvalue weighted by molar-refractivity contribution is 5.85. The van der Waals surface area contributed by atoms with E-state index in [-0.39, 0.29) is 23.8 Å². The first-order valence-electron chi connectivity index (χ1n) is 8.55. The minimum atomic E-state index is -0.456. The number of phenols is 2. The minimum Gasteiger partial charge on any atom is -0.508 e. The lowest BCUT2D eigenvalue weighted by atomic mass is 10.0. The van der Waals surface area contributed by atoms with Crippen LogP contribution >= 0.6 is 0 Å². The number of nitrogens with one attached hydrogen (secondary N) is 1. The van der Waals surface area contributed by atoms with Crippen LogP contribution in [0, 0.1) is 0 Å². The summed E-state index contributed by atoms with van der Waals surface area (Å²) >= 11 is 0. The number of aromatic hydroxyl groups is 2. The summed E-state index contributed by atoms with van der Waals surface area (Å²) in [5, 5.41) is 32.4. The molecule has 4 N–H and O–H groups in total. The third-order valence-corrected chi connectivity index (χ3v) is 3.75. The summed E-state index contributed by atoms with van der Waals surface area (Å²) in [5.74, 6) is -0.446. The Morgan fingerprint density at radius 2 is 1.96 bits per heavy atom. The molecule has 0 aliphatic carbocycles. The Hall–Kier alpha value is -2.08. The Morgan fingerprint density at radius 1 is 1.21 bits per heavy atom. The van der Waals surface area contributed by atoms with Gasteiger partial charge in [-0.2, -0.15) is 5.10 Å². The monoisotopic (exact) mass is 336 g/mol. The number of amides is 1. The highest BCUT2D eigenvalue weighted by Gasteiger charge is 2.07. The second kappa shape index (κ2) is 11.5. The molecular formula is C18H28N2O4. The molecule has 0 saturated carbocycles. The van der Waals surface area contributed by atoms with Gasteiger partial charge in [0, 0.05) is 18.1 Å². The Morgan fingerprint density at radius 3 is 2.67 bits per heavy atom. The van der Waals surface area contributed by atoms with Crippen molar-refractivity contribution in [1.29, 1.82) is 0 Å². The van der Waals surface area contributed by atoms with Crippen LogP contribution in [0.1, 0.15) is 63.9 Å². The van der Waals surface area contributed by atoms with Gasteiger partial charge in [-0.15, -0.1) is 0 Å². The molecule has 1 rings (SSSR count). The van der Waals surface area contributed by atoms with Gasteiger partial charge in [-0.3, -0.25) is 4.79 Å². The first kappa shape index (κ1) is 20.0. The molecule has 6 heteroatoms. The zero-order chi connectivity index (χ0) is 17.8. The number of carbonyl (C=O) groups is 1. The fraction of sp³-hybridized carbons (Fsp3) is 0.556. The average molecular weight is 336 g/mol. The number of hydrogen-bond acceptors (Lipinski definition) is 5. The van der Waals surface area contributed by atoms with E-state index >= 15 is 0 Å². The molecule has 0 radical (unpaired) electrons. The predicted molar refractivity (Wildman–Crippen MR) is 94.1 cm³/mol. The molecule has 0 heterocycles. The highest BCUT2D eigenvalue weighted by Crippen LogP contribution is 2.20. The number of aliphatic hydroxyl groups excluding tert-OH is 1. The number of phenolic OH excluding ortho intramolecular Hbond substituents is 2. The summed E-state index contributed by atoms with van der Waals surface area (Å²) in [6, 6.07) is 4.10. The first-order valence-corrected chi connectivity index (χ1v) is 8.55. The fourth-order valence-corrected chi connectivity index (χ4v) is 2.30. The van der Waals surface area contributed by atoms with Crippen LogP contribution in [-0.4, -0.2) is 33.5 Å². The molecule has 24 heavy (non-hydrogen) atoms. The van der Waals surface area contributed by atoms with Gasteiger partial charge < -0.3 is 15.3 Å². The molecule has 1 unspecified atom stereocenters. The van der Waals surface area contributed by atoms with E-state index in [9.17, 15) is 20.1 Å². The third-order valence-electron chi connectivity index (χ3n) is 3.75. The largest absolute Gasteiger partial charge is 0.508 e. The molecule has 1 amide bonds. The first-order chi connectivity index (χ1) is 11.5. The molecule has 134 valence electrons. The van der Waals surface area contributed by atoms with Crippen molar-refractivity contribution < 1.29 is 20.1 Å². The number of unbranched alkanes of at least 4 members (excludes halogenated alkanes) is 4. The molecular weight excluding hydrogens is 308 g/mol. The Labute approximate surface area is 143 Å². The highest BCUT2D eigenvalue weighted by atomic mass is 16.3. The summed E-state index contributed by atoms with van der Waals surface area (Å²) < 4.78 is 0. The molecule has 1 aromatic carbocycles. The van der Waals surface area contributed by atoms with Crippen LogP contribution in [0.25, 0.3) is 0 Å². The number of benzene rings is 1. The van der Waals surface area contributed by atoms with Crippen molar-refractivity contribution in [3.8, 4) is 11.5 Å². The molecule has 0 fully saturated rings. The number of hydrazone groups is 1. The van der Waals surface area contributed by atoms with Gasteiger partial charge in [-0.05, 0) is 25.0 Å². The molecule has 1 atom stereocenters. The standard InChI is InChI=1S/C18H28N2O4/c1-2-3-4-5-6-7-15(21)10-11-18(24)20-19-13-14-8-9-16(22)12-17(14)23/h8-9,12-13,15,21-23H,2-7,10-11H2,1H3,(H,20,24)/b19-13+. The Bertz CT molecular complexity index is 532. The van der Waals surface area contributed by atoms with E-state index in [1.165, 1.54) is 43.7 Å². The second-order valence-electron chi connectivity index (χ2n) is 5.93. The molecule has 1 aromatic rings. The van der Waals surface area contributed by atoms with Gasteiger partial charge in [0.15, 0.2) is 0 Å². The fourth-order valence-electron chi connectivity index (χ4n) is 2.30. The normalized spacial score (nSPS) is 12.4. The lowest BCUT2D eigenvalue weighted by Crippen LogP contribution is -2.19. The number of nitrogens with zero attached hydrogens (tertiary/aromatic N) is 1. The summed E-state index contributed by atoms with van der Waals surface area (Å²) in [7, 11) is 0. The number of rotatable bonds is 11. The molecule has 0 aliphatic rings. The number of hydrogen-bond donors (Lipinski definition) is 4. The van der Waals surface area contributed by atoms with Crippen LogP contribution in [0.15, 0.2) is 23.3 Å². The number of carbonyl (C=O) groups excluding carboxylic acids is 1. The quantitative estimate of drug-likeness (QED) is 0.283. The predicted octanol–water partition coefficient (Wildman–Crippen LogP) is 3.05. The molecule has 0 aliphatic heterocycles. The summed E-state index contributed by atoms with van der Waals surface area (Å²) in [4.78, 5) is 11.7. The van der Waals surface area contributed by atoms with Crippen LogP contribution in [-0.2, 0) is 4.79 Å². The van der Waals surface area contributed by atoms with Crippen molar-refractivity contribution in [3.63, 3.8) is 0 Å². The van der Waals surface area contributed by atoms with Crippen molar-refractivity contribution >= 4 is 12.1 Å². The van der Waals surface area contributed by atoms with Crippen molar-refractivity contribution in [2.24, 2.45) is 5.10 Å². The maximum absolute atomic E-state index is 11.7. The SMILES string of the molecule is CCCCCCCC(O)CCC(=O)N/N=C/c1ccc(O)cc1O. The molecule has 0 spiro atoms. The van der Waals surface area contributed by atoms with Gasteiger partial charge in [0.05, 0.1) is 12.3 Å². The summed E-state index contributed by atoms with van der Waals surface area (Å²) in [6.45, 7) is 2.17. The Kier molecular flexibility index (Phi) is 9.53. The maximum Gasteiger partial charge on any atom is 0.240 e. The summed E-state index contributed by atoms with van der Waals surface area (Å²) in [6.07, 6.45) is 7.93. The smallest absolute Gasteiger partial charge is 0.240 e. The van der Waals surface area contributed by atoms with Crippen LogP contribution in [0.5, 0.6) is 11.5 Å². The number of aliphatic hydroxyl groups is 1. The molecule has 0 bridgehead atoms. The zero-order valence-electron chi connectivity index (χ0n) is 14.2. The lowest BCUT2D eigenvalue weighted by Gasteiger charge is -2.09. The molecule has 0 saturated heterocycles. The Balaban J connectivity index is 2.20. The summed E-state index contributed by atoms with van der Waals surface area (Å²) in [5.41, 5.74) is 2.75. The van der Waals surface area contributed by atoms with Crippen LogP contribution in [0.2, 0.25) is 0 Å². The van der Waals surface area contributed by atoms with Crippen molar-refractivity contribution in [2.75, 3.05) is 0 Å². The van der Waals surface area contributed by atoms with Crippen LogP contribution in [0.3, 0.4) is 0 Å². The van der Waals surface area contributed by atoms with Crippen LogP contribution in [0.4, 0.5) is 0 Å². The zero-order valence-corrected chi connectivity index (χ0v) is 14.2. The van der Waals surface area contributed by atoms with Gasteiger partial charge >= 0.3 is 0 Å².